The molecule has 0 spiro atoms. The molecular formula is C24H26ClF3N4O4S. The molecule has 2 N–H and O–H groups in total. The standard InChI is InChI=1S/C24H26ClF3N4O4S/c25-20-7-6-19(37-20)24(35)29-11-18(32(12-21(27)28)14-2-1-3-14)23(34)30-17-5-4-15(10-16(17)26)31-8-9-36-13-22(31)33/h4-7,10,14,18,21H,1-3,8-9,11-13H2,(H,29,35)(H,30,34)/t18-/m0/s1. The normalized spacial score (nSPS) is 17.1. The Balaban J connectivity index is 1.51. The third kappa shape index (κ3) is 6.81. The molecule has 37 heavy (non-hydrogen) atoms. The lowest BCUT2D eigenvalue weighted by molar-refractivity contribution is -0.126. The van der Waals surface area contributed by atoms with Gasteiger partial charge in [0.15, 0.2) is 0 Å². The molecule has 2 aliphatic rings. The van der Waals surface area contributed by atoms with Gasteiger partial charge in [0.05, 0.1) is 28.1 Å². The molecule has 1 atom stereocenters. The third-order valence-electron chi connectivity index (χ3n) is 6.36. The summed E-state index contributed by atoms with van der Waals surface area (Å²) >= 11 is 6.94. The van der Waals surface area contributed by atoms with Crippen molar-refractivity contribution in [2.24, 2.45) is 0 Å². The second-order valence-corrected chi connectivity index (χ2v) is 10.5. The zero-order chi connectivity index (χ0) is 26.5. The van der Waals surface area contributed by atoms with E-state index in [0.717, 1.165) is 23.8 Å². The highest BCUT2D eigenvalue weighted by atomic mass is 35.5. The van der Waals surface area contributed by atoms with Crippen LogP contribution in [0.25, 0.3) is 0 Å². The summed E-state index contributed by atoms with van der Waals surface area (Å²) in [5.74, 6) is -2.32. The van der Waals surface area contributed by atoms with Crippen LogP contribution in [0, 0.1) is 5.82 Å². The fourth-order valence-electron chi connectivity index (χ4n) is 4.26. The number of hydrogen-bond donors (Lipinski definition) is 2. The van der Waals surface area contributed by atoms with E-state index < -0.39 is 36.6 Å². The molecule has 1 aliphatic heterocycles. The van der Waals surface area contributed by atoms with Gasteiger partial charge in [0.1, 0.15) is 18.5 Å². The topological polar surface area (TPSA) is 91.0 Å². The minimum Gasteiger partial charge on any atom is -0.370 e. The molecule has 1 aromatic carbocycles. The molecule has 2 fully saturated rings. The second kappa shape index (κ2) is 12.2. The Morgan fingerprint density at radius 3 is 2.62 bits per heavy atom. The van der Waals surface area contributed by atoms with Crippen LogP contribution in [0.2, 0.25) is 4.34 Å². The Kier molecular flexibility index (Phi) is 9.06. The summed E-state index contributed by atoms with van der Waals surface area (Å²) in [5, 5.41) is 5.10. The van der Waals surface area contributed by atoms with Gasteiger partial charge in [-0.3, -0.25) is 19.3 Å². The maximum Gasteiger partial charge on any atom is 0.261 e. The summed E-state index contributed by atoms with van der Waals surface area (Å²) < 4.78 is 47.4. The Morgan fingerprint density at radius 2 is 2.03 bits per heavy atom. The number of nitrogens with one attached hydrogen (secondary N) is 2. The highest BCUT2D eigenvalue weighted by Gasteiger charge is 2.36. The van der Waals surface area contributed by atoms with E-state index in [2.05, 4.69) is 10.6 Å². The van der Waals surface area contributed by atoms with Crippen molar-refractivity contribution >= 4 is 52.0 Å². The Labute approximate surface area is 220 Å². The molecule has 4 rings (SSSR count). The van der Waals surface area contributed by atoms with Crippen LogP contribution >= 0.6 is 22.9 Å². The van der Waals surface area contributed by atoms with E-state index in [0.29, 0.717) is 34.3 Å². The van der Waals surface area contributed by atoms with E-state index in [-0.39, 0.29) is 37.3 Å². The van der Waals surface area contributed by atoms with Gasteiger partial charge < -0.3 is 20.3 Å². The molecular weight excluding hydrogens is 533 g/mol. The van der Waals surface area contributed by atoms with E-state index in [4.69, 9.17) is 16.3 Å². The van der Waals surface area contributed by atoms with Gasteiger partial charge in [0.25, 0.3) is 18.2 Å². The molecule has 0 bridgehead atoms. The Hall–Kier alpha value is -2.67. The first kappa shape index (κ1) is 27.4. The quantitative estimate of drug-likeness (QED) is 0.463. The number of rotatable bonds is 10. The van der Waals surface area contributed by atoms with Crippen LogP contribution in [-0.2, 0) is 14.3 Å². The van der Waals surface area contributed by atoms with Gasteiger partial charge in [-0.1, -0.05) is 18.0 Å². The smallest absolute Gasteiger partial charge is 0.261 e. The minimum absolute atomic E-state index is 0.105. The van der Waals surface area contributed by atoms with E-state index in [1.165, 1.54) is 28.0 Å². The lowest BCUT2D eigenvalue weighted by Gasteiger charge is -2.41. The summed E-state index contributed by atoms with van der Waals surface area (Å²) in [4.78, 5) is 41.0. The van der Waals surface area contributed by atoms with Crippen molar-refractivity contribution < 1.29 is 32.3 Å². The zero-order valence-electron chi connectivity index (χ0n) is 19.7. The number of amides is 3. The van der Waals surface area contributed by atoms with Gasteiger partial charge in [-0.15, -0.1) is 11.3 Å². The summed E-state index contributed by atoms with van der Waals surface area (Å²) in [7, 11) is 0. The zero-order valence-corrected chi connectivity index (χ0v) is 21.3. The van der Waals surface area contributed by atoms with E-state index in [9.17, 15) is 27.6 Å². The van der Waals surface area contributed by atoms with Crippen LogP contribution in [-0.4, -0.2) is 74.0 Å². The molecule has 1 aliphatic carbocycles. The van der Waals surface area contributed by atoms with Crippen molar-refractivity contribution in [3.05, 3.63) is 45.4 Å². The van der Waals surface area contributed by atoms with Crippen molar-refractivity contribution in [1.29, 1.82) is 0 Å². The first-order valence-electron chi connectivity index (χ1n) is 11.8. The Bertz CT molecular complexity index is 1150. The maximum atomic E-state index is 14.9. The molecule has 1 saturated heterocycles. The van der Waals surface area contributed by atoms with Crippen LogP contribution in [0.1, 0.15) is 28.9 Å². The third-order valence-corrected chi connectivity index (χ3v) is 7.59. The average Bonchev–Trinajstić information content (AvgIpc) is 3.25. The molecule has 3 amide bonds. The van der Waals surface area contributed by atoms with Crippen LogP contribution in [0.4, 0.5) is 24.5 Å². The number of carbonyl (C=O) groups excluding carboxylic acids is 3. The fraction of sp³-hybridized carbons (Fsp3) is 0.458. The Morgan fingerprint density at radius 1 is 1.24 bits per heavy atom. The highest BCUT2D eigenvalue weighted by molar-refractivity contribution is 7.18. The van der Waals surface area contributed by atoms with Crippen molar-refractivity contribution in [3.63, 3.8) is 0 Å². The molecule has 2 aromatic rings. The van der Waals surface area contributed by atoms with Crippen LogP contribution in [0.15, 0.2) is 30.3 Å². The molecule has 0 radical (unpaired) electrons. The predicted octanol–water partition coefficient (Wildman–Crippen LogP) is 3.76. The van der Waals surface area contributed by atoms with Crippen LogP contribution < -0.4 is 15.5 Å². The fourth-order valence-corrected chi connectivity index (χ4v) is 5.22. The van der Waals surface area contributed by atoms with Gasteiger partial charge in [0.2, 0.25) is 5.91 Å². The number of alkyl halides is 2. The first-order valence-corrected chi connectivity index (χ1v) is 13.0. The molecule has 200 valence electrons. The first-order chi connectivity index (χ1) is 17.7. The number of hydrogen-bond acceptors (Lipinski definition) is 6. The monoisotopic (exact) mass is 558 g/mol. The number of anilines is 2. The second-order valence-electron chi connectivity index (χ2n) is 8.75. The number of nitrogens with zero attached hydrogens (tertiary/aromatic N) is 2. The average molecular weight is 559 g/mol. The van der Waals surface area contributed by atoms with Gasteiger partial charge in [-0.2, -0.15) is 0 Å². The molecule has 1 aromatic heterocycles. The van der Waals surface area contributed by atoms with Gasteiger partial charge in [0, 0.05) is 24.8 Å². The maximum absolute atomic E-state index is 14.9. The lowest BCUT2D eigenvalue weighted by atomic mass is 9.90. The SMILES string of the molecule is O=C(NC[C@@H](C(=O)Nc1ccc(N2CCOCC2=O)cc1F)N(CC(F)F)C1CCC1)c1ccc(Cl)s1. The van der Waals surface area contributed by atoms with Crippen molar-refractivity contribution in [2.45, 2.75) is 37.8 Å². The molecule has 2 heterocycles. The van der Waals surface area contributed by atoms with Gasteiger partial charge in [-0.05, 0) is 43.2 Å². The molecule has 0 unspecified atom stereocenters. The van der Waals surface area contributed by atoms with E-state index in [1.807, 2.05) is 0 Å². The van der Waals surface area contributed by atoms with Crippen molar-refractivity contribution in [3.8, 4) is 0 Å². The van der Waals surface area contributed by atoms with Crippen molar-refractivity contribution in [2.75, 3.05) is 43.1 Å². The van der Waals surface area contributed by atoms with Crippen LogP contribution in [0.3, 0.4) is 0 Å². The van der Waals surface area contributed by atoms with Crippen molar-refractivity contribution in [1.82, 2.24) is 10.2 Å². The molecule has 1 saturated carbocycles. The van der Waals surface area contributed by atoms with Crippen LogP contribution in [0.5, 0.6) is 0 Å². The number of thiophene rings is 1. The number of ether oxygens (including phenoxy) is 1. The summed E-state index contributed by atoms with van der Waals surface area (Å²) in [6.07, 6.45) is -0.581. The summed E-state index contributed by atoms with van der Waals surface area (Å²) in [6.45, 7) is -0.440. The highest BCUT2D eigenvalue weighted by Crippen LogP contribution is 2.29. The minimum atomic E-state index is -2.70. The summed E-state index contributed by atoms with van der Waals surface area (Å²) in [5.41, 5.74) is 0.150. The van der Waals surface area contributed by atoms with Gasteiger partial charge >= 0.3 is 0 Å². The predicted molar refractivity (Wildman–Crippen MR) is 134 cm³/mol. The number of halogens is 4. The van der Waals surface area contributed by atoms with Gasteiger partial charge in [-0.25, -0.2) is 13.2 Å². The number of morpholine rings is 1. The number of carbonyl (C=O) groups is 3. The van der Waals surface area contributed by atoms with E-state index in [1.54, 1.807) is 6.07 Å². The lowest BCUT2D eigenvalue weighted by Crippen LogP contribution is -2.57. The number of benzene rings is 1. The molecule has 8 nitrogen and oxygen atoms in total. The molecule has 13 heteroatoms. The largest absolute Gasteiger partial charge is 0.370 e. The van der Waals surface area contributed by atoms with E-state index >= 15 is 0 Å². The summed E-state index contributed by atoms with van der Waals surface area (Å²) in [6, 6.07) is 5.59.